The second kappa shape index (κ2) is 1.40. The van der Waals surface area contributed by atoms with Gasteiger partial charge in [0.25, 0.3) is 0 Å². The molecule has 0 aromatic carbocycles. The van der Waals surface area contributed by atoms with Crippen molar-refractivity contribution in [1.29, 1.82) is 0 Å². The van der Waals surface area contributed by atoms with Crippen molar-refractivity contribution in [3.63, 3.8) is 0 Å². The van der Waals surface area contributed by atoms with E-state index < -0.39 is 0 Å². The number of hydrogen-bond acceptors (Lipinski definition) is 3. The summed E-state index contributed by atoms with van der Waals surface area (Å²) in [5.41, 5.74) is 0. The van der Waals surface area contributed by atoms with Crippen molar-refractivity contribution in [3.8, 4) is 0 Å². The first-order chi connectivity index (χ1) is 2.84. The van der Waals surface area contributed by atoms with Gasteiger partial charge in [0, 0.05) is 5.25 Å². The van der Waals surface area contributed by atoms with E-state index in [2.05, 4.69) is 0 Å². The van der Waals surface area contributed by atoms with Gasteiger partial charge in [-0.3, -0.25) is 5.14 Å². The highest BCUT2D eigenvalue weighted by Crippen LogP contribution is 2.30. The lowest BCUT2D eigenvalue weighted by Crippen LogP contribution is -1.88. The number of nitrogens with two attached hydrogens (primary N) is 1. The van der Waals surface area contributed by atoms with Gasteiger partial charge in [-0.25, -0.2) is 0 Å². The fraction of sp³-hybridized carbons (Fsp3) is 1.00. The van der Waals surface area contributed by atoms with Crippen LogP contribution in [0.5, 0.6) is 0 Å². The third kappa shape index (κ3) is 0.668. The van der Waals surface area contributed by atoms with E-state index in [0.717, 1.165) is 6.42 Å². The molecule has 1 fully saturated rings. The lowest BCUT2D eigenvalue weighted by atomic mass is 10.9. The highest BCUT2D eigenvalue weighted by molar-refractivity contribution is 7.98. The van der Waals surface area contributed by atoms with Crippen molar-refractivity contribution in [2.45, 2.75) is 17.8 Å². The van der Waals surface area contributed by atoms with Gasteiger partial charge in [0.15, 0.2) is 0 Å². The summed E-state index contributed by atoms with van der Waals surface area (Å²) in [6, 6.07) is 0. The Morgan fingerprint density at radius 2 is 2.33 bits per heavy atom. The van der Waals surface area contributed by atoms with Gasteiger partial charge in [0.2, 0.25) is 0 Å². The third-order valence-corrected chi connectivity index (χ3v) is 1.73. The fourth-order valence-electron chi connectivity index (χ4n) is 0.306. The molecule has 0 amide bonds. The lowest BCUT2D eigenvalue weighted by molar-refractivity contribution is 0.280. The summed E-state index contributed by atoms with van der Waals surface area (Å²) < 4.78 is 0. The molecule has 0 aliphatic heterocycles. The topological polar surface area (TPSA) is 46.2 Å². The van der Waals surface area contributed by atoms with Gasteiger partial charge in [-0.05, 0) is 6.42 Å². The molecular formula is C3H7NOS. The first-order valence-corrected chi connectivity index (χ1v) is 2.82. The smallest absolute Gasteiger partial charge is 0.0684 e. The molecule has 6 heavy (non-hydrogen) atoms. The molecule has 0 aromatic heterocycles. The Hall–Kier alpha value is 0.270. The summed E-state index contributed by atoms with van der Waals surface area (Å²) in [5, 5.41) is 14.0. The van der Waals surface area contributed by atoms with Crippen molar-refractivity contribution in [1.82, 2.24) is 0 Å². The molecule has 0 radical (unpaired) electrons. The van der Waals surface area contributed by atoms with Crippen LogP contribution in [0.3, 0.4) is 0 Å². The molecule has 1 rings (SSSR count). The Bertz CT molecular complexity index is 56.8. The zero-order valence-corrected chi connectivity index (χ0v) is 4.11. The summed E-state index contributed by atoms with van der Waals surface area (Å²) in [6.45, 7) is 0. The van der Waals surface area contributed by atoms with Crippen LogP contribution in [0.4, 0.5) is 0 Å². The van der Waals surface area contributed by atoms with Gasteiger partial charge in [-0.2, -0.15) is 0 Å². The monoisotopic (exact) mass is 105 g/mol. The van der Waals surface area contributed by atoms with Gasteiger partial charge in [-0.1, -0.05) is 11.9 Å². The van der Waals surface area contributed by atoms with Crippen molar-refractivity contribution < 1.29 is 5.11 Å². The minimum atomic E-state index is -0.0972. The van der Waals surface area contributed by atoms with Gasteiger partial charge in [0.05, 0.1) is 6.10 Å². The summed E-state index contributed by atoms with van der Waals surface area (Å²) in [5.74, 6) is 0. The zero-order chi connectivity index (χ0) is 4.57. The van der Waals surface area contributed by atoms with E-state index in [1.807, 2.05) is 0 Å². The molecule has 1 saturated carbocycles. The Morgan fingerprint density at radius 3 is 2.33 bits per heavy atom. The molecule has 36 valence electrons. The van der Waals surface area contributed by atoms with E-state index in [1.165, 1.54) is 11.9 Å². The van der Waals surface area contributed by atoms with E-state index in [4.69, 9.17) is 10.2 Å². The summed E-state index contributed by atoms with van der Waals surface area (Å²) in [6.07, 6.45) is 0.793. The molecule has 0 bridgehead atoms. The third-order valence-electron chi connectivity index (χ3n) is 0.875. The molecule has 1 aliphatic rings. The van der Waals surface area contributed by atoms with Crippen molar-refractivity contribution in [2.75, 3.05) is 0 Å². The molecule has 2 nitrogen and oxygen atoms in total. The second-order valence-electron chi connectivity index (χ2n) is 1.48. The van der Waals surface area contributed by atoms with Crippen LogP contribution < -0.4 is 5.14 Å². The minimum absolute atomic E-state index is 0.0972. The summed E-state index contributed by atoms with van der Waals surface area (Å²) in [4.78, 5) is 0. The van der Waals surface area contributed by atoms with E-state index in [9.17, 15) is 0 Å². The van der Waals surface area contributed by atoms with E-state index in [1.54, 1.807) is 0 Å². The molecule has 2 unspecified atom stereocenters. The Kier molecular flexibility index (Phi) is 1.04. The van der Waals surface area contributed by atoms with Crippen LogP contribution in [0.2, 0.25) is 0 Å². The molecule has 3 heteroatoms. The SMILES string of the molecule is NSC1CC1O. The maximum absolute atomic E-state index is 8.53. The fourth-order valence-corrected chi connectivity index (χ4v) is 0.795. The van der Waals surface area contributed by atoms with E-state index in [0.29, 0.717) is 5.25 Å². The van der Waals surface area contributed by atoms with Crippen LogP contribution in [0.1, 0.15) is 6.42 Å². The van der Waals surface area contributed by atoms with Crippen LogP contribution >= 0.6 is 11.9 Å². The van der Waals surface area contributed by atoms with Crippen LogP contribution in [0, 0.1) is 0 Å². The molecule has 0 saturated heterocycles. The largest absolute Gasteiger partial charge is 0.392 e. The number of rotatable bonds is 1. The van der Waals surface area contributed by atoms with Gasteiger partial charge < -0.3 is 5.11 Å². The van der Waals surface area contributed by atoms with E-state index >= 15 is 0 Å². The van der Waals surface area contributed by atoms with Gasteiger partial charge >= 0.3 is 0 Å². The quantitative estimate of drug-likeness (QED) is 0.451. The zero-order valence-electron chi connectivity index (χ0n) is 3.29. The van der Waals surface area contributed by atoms with Crippen LogP contribution in [-0.4, -0.2) is 16.5 Å². The average molecular weight is 105 g/mol. The highest BCUT2D eigenvalue weighted by atomic mass is 32.2. The van der Waals surface area contributed by atoms with Crippen LogP contribution in [-0.2, 0) is 0 Å². The number of aliphatic hydroxyl groups excluding tert-OH is 1. The molecule has 0 heterocycles. The molecular weight excluding hydrogens is 98.1 g/mol. The highest BCUT2D eigenvalue weighted by Gasteiger charge is 2.34. The molecule has 2 atom stereocenters. The Morgan fingerprint density at radius 1 is 1.83 bits per heavy atom. The first-order valence-electron chi connectivity index (χ1n) is 1.88. The van der Waals surface area contributed by atoms with Crippen LogP contribution in [0.25, 0.3) is 0 Å². The molecule has 1 aliphatic carbocycles. The van der Waals surface area contributed by atoms with Crippen LogP contribution in [0.15, 0.2) is 0 Å². The van der Waals surface area contributed by atoms with Crippen molar-refractivity contribution in [3.05, 3.63) is 0 Å². The standard InChI is InChI=1S/C3H7NOS/c4-6-3-1-2(3)5/h2-3,5H,1,4H2. The lowest BCUT2D eigenvalue weighted by Gasteiger charge is -1.79. The number of hydrogen-bond donors (Lipinski definition) is 2. The van der Waals surface area contributed by atoms with Crippen molar-refractivity contribution >= 4 is 11.9 Å². The normalized spacial score (nSPS) is 43.0. The van der Waals surface area contributed by atoms with Gasteiger partial charge in [-0.15, -0.1) is 0 Å². The second-order valence-corrected chi connectivity index (χ2v) is 2.36. The molecule has 3 N–H and O–H groups in total. The Labute approximate surface area is 40.9 Å². The predicted octanol–water partition coefficient (Wildman–Crippen LogP) is -0.273. The Balaban J connectivity index is 2.09. The van der Waals surface area contributed by atoms with Crippen molar-refractivity contribution in [2.24, 2.45) is 5.14 Å². The average Bonchev–Trinajstić information content (AvgIpc) is 2.19. The first kappa shape index (κ1) is 4.43. The maximum Gasteiger partial charge on any atom is 0.0684 e. The predicted molar refractivity (Wildman–Crippen MR) is 26.2 cm³/mol. The summed E-state index contributed by atoms with van der Waals surface area (Å²) in [7, 11) is 0. The number of aliphatic hydroxyl groups is 1. The molecule has 0 aromatic rings. The van der Waals surface area contributed by atoms with E-state index in [-0.39, 0.29) is 6.10 Å². The maximum atomic E-state index is 8.53. The van der Waals surface area contributed by atoms with Gasteiger partial charge in [0.1, 0.15) is 0 Å². The molecule has 0 spiro atoms. The summed E-state index contributed by atoms with van der Waals surface area (Å²) >= 11 is 1.25. The minimum Gasteiger partial charge on any atom is -0.392 e.